The van der Waals surface area contributed by atoms with Gasteiger partial charge in [-0.15, -0.1) is 0 Å². The molecule has 0 unspecified atom stereocenters. The monoisotopic (exact) mass is 1450 g/mol. The maximum absolute atomic E-state index is 6.33. The van der Waals surface area contributed by atoms with Crippen molar-refractivity contribution in [3.63, 3.8) is 0 Å². The van der Waals surface area contributed by atoms with E-state index in [1.165, 1.54) is 61.8 Å². The summed E-state index contributed by atoms with van der Waals surface area (Å²) in [6, 6.07) is 44.6. The van der Waals surface area contributed by atoms with Crippen molar-refractivity contribution >= 4 is 157 Å². The second-order valence-electron chi connectivity index (χ2n) is 16.9. The van der Waals surface area contributed by atoms with Crippen molar-refractivity contribution < 1.29 is 43.1 Å². The second-order valence-corrected chi connectivity index (χ2v) is 21.2. The molecule has 8 nitrogen and oxygen atoms in total. The minimum atomic E-state index is 0. The molecule has 0 aliphatic heterocycles. The number of nitrogens with one attached hydrogen (secondary N) is 1. The summed E-state index contributed by atoms with van der Waals surface area (Å²) in [6.07, 6.45) is 11.4. The number of H-pyrrole nitrogens is 1. The highest BCUT2D eigenvalue weighted by Crippen LogP contribution is 2.24. The maximum Gasteiger partial charge on any atom is 0.255 e. The molecule has 6 aromatic carbocycles. The molecule has 0 bridgehead atoms. The van der Waals surface area contributed by atoms with Crippen LogP contribution in [0.1, 0.15) is 70.1 Å². The van der Waals surface area contributed by atoms with Gasteiger partial charge in [0.2, 0.25) is 12.7 Å². The average Bonchev–Trinajstić information content (AvgIpc) is 4.14. The lowest BCUT2D eigenvalue weighted by atomic mass is 10.1. The first-order valence-electron chi connectivity index (χ1n) is 24.4. The van der Waals surface area contributed by atoms with E-state index < -0.39 is 0 Å². The zero-order valence-corrected chi connectivity index (χ0v) is 55.3. The lowest BCUT2D eigenvalue weighted by Gasteiger charge is -2.02. The minimum Gasteiger partial charge on any atom is -1.00 e. The van der Waals surface area contributed by atoms with Crippen molar-refractivity contribution in [2.45, 2.75) is 91.4 Å². The fourth-order valence-corrected chi connectivity index (χ4v) is 9.19. The Morgan fingerprint density at radius 1 is 0.455 bits per heavy atom. The number of imidazole rings is 4. The van der Waals surface area contributed by atoms with Gasteiger partial charge in [-0.2, -0.15) is 0 Å². The summed E-state index contributed by atoms with van der Waals surface area (Å²) >= 11 is 54.0. The van der Waals surface area contributed by atoms with Crippen LogP contribution in [0, 0.1) is 0 Å². The highest BCUT2D eigenvalue weighted by Gasteiger charge is 2.21. The van der Waals surface area contributed by atoms with Crippen molar-refractivity contribution in [3.8, 4) is 0 Å². The van der Waals surface area contributed by atoms with Crippen LogP contribution in [0.3, 0.4) is 0 Å². The van der Waals surface area contributed by atoms with Gasteiger partial charge in [-0.1, -0.05) is 221 Å². The molecule has 77 heavy (non-hydrogen) atoms. The largest absolute Gasteiger partial charge is 1.00 e. The zero-order chi connectivity index (χ0) is 54.3. The third-order valence-corrected chi connectivity index (χ3v) is 15.7. The van der Waals surface area contributed by atoms with Crippen LogP contribution in [0.15, 0.2) is 153 Å². The lowest BCUT2D eigenvalue weighted by Crippen LogP contribution is -3.00. The molecule has 0 saturated heterocycles. The molecule has 4 heterocycles. The smallest absolute Gasteiger partial charge is 0.255 e. The van der Waals surface area contributed by atoms with E-state index in [2.05, 4.69) is 202 Å². The predicted octanol–water partition coefficient (Wildman–Crippen LogP) is 13.2. The summed E-state index contributed by atoms with van der Waals surface area (Å²) in [7, 11) is 0. The number of aryl methyl sites for hydroxylation is 3. The standard InChI is InChI=1S/2C17H17Cl2N2.C11H9Br.C6H8Cl2N2.C3H7Br.C3H2Cl2N2.2BrH/c2*1-2-9-20-12-21(17(19)16(20)18)11-13-7-8-14-5-3-4-6-15(14)10-13;12-8-9-5-6-10-3-1-2-4-11(10)7-9;1-2-3-10-4-9-5(7)6(10)8;1-2-3-4;4-2-3(5)7-1-6-2;;/h2*3-8,10,12H,2,9,11H2,1H3;1-7H,8H2;4H,2-3H2,1H3;2-3H2,1H3;1H,(H,6,7);2*1H/q2*+1;;;;;;/p-2. The molecule has 0 radical (unpaired) electrons. The fraction of sp³-hybridized carbons (Fsp3) is 0.263. The number of halogens is 12. The van der Waals surface area contributed by atoms with Crippen LogP contribution in [0.25, 0.3) is 32.3 Å². The third kappa shape index (κ3) is 21.2. The Balaban J connectivity index is 0.000000259. The van der Waals surface area contributed by atoms with Gasteiger partial charge in [-0.3, -0.25) is 0 Å². The van der Waals surface area contributed by atoms with E-state index in [4.69, 9.17) is 92.8 Å². The fourth-order valence-electron chi connectivity index (χ4n) is 7.42. The molecular formula is C57H60Br4Cl8N8. The first kappa shape index (κ1) is 68.5. The van der Waals surface area contributed by atoms with Crippen LogP contribution >= 0.6 is 125 Å². The van der Waals surface area contributed by atoms with Gasteiger partial charge in [0.15, 0.2) is 10.3 Å². The zero-order valence-electron chi connectivity index (χ0n) is 42.9. The van der Waals surface area contributed by atoms with Gasteiger partial charge < -0.3 is 43.5 Å². The Morgan fingerprint density at radius 3 is 1.14 bits per heavy atom. The van der Waals surface area contributed by atoms with E-state index in [1.807, 2.05) is 35.5 Å². The Labute approximate surface area is 530 Å². The molecule has 20 heteroatoms. The maximum atomic E-state index is 6.33. The highest BCUT2D eigenvalue weighted by molar-refractivity contribution is 9.09. The normalized spacial score (nSPS) is 10.3. The summed E-state index contributed by atoms with van der Waals surface area (Å²) in [5.74, 6) is 0. The van der Waals surface area contributed by atoms with Crippen LogP contribution < -0.4 is 43.1 Å². The van der Waals surface area contributed by atoms with Gasteiger partial charge >= 0.3 is 0 Å². The molecule has 10 rings (SSSR count). The van der Waals surface area contributed by atoms with Gasteiger partial charge in [0.05, 0.1) is 25.7 Å². The van der Waals surface area contributed by atoms with Crippen molar-refractivity contribution in [1.29, 1.82) is 0 Å². The highest BCUT2D eigenvalue weighted by atomic mass is 79.9. The molecule has 1 N–H and O–H groups in total. The van der Waals surface area contributed by atoms with Gasteiger partial charge in [0, 0.05) is 17.2 Å². The van der Waals surface area contributed by atoms with Crippen LogP contribution in [0.2, 0.25) is 41.2 Å². The molecule has 412 valence electrons. The molecule has 0 fully saturated rings. The van der Waals surface area contributed by atoms with Gasteiger partial charge in [0.1, 0.15) is 23.4 Å². The summed E-state index contributed by atoms with van der Waals surface area (Å²) in [4.78, 5) is 10.0. The molecule has 0 aliphatic rings. The molecule has 0 spiro atoms. The summed E-state index contributed by atoms with van der Waals surface area (Å²) in [5.41, 5.74) is 3.76. The minimum absolute atomic E-state index is 0. The summed E-state index contributed by atoms with van der Waals surface area (Å²) < 4.78 is 9.78. The molecular weight excluding hydrogens is 1400 g/mol. The van der Waals surface area contributed by atoms with E-state index in [-0.39, 0.29) is 34.0 Å². The number of hydrogen-bond donors (Lipinski definition) is 1. The van der Waals surface area contributed by atoms with E-state index >= 15 is 0 Å². The van der Waals surface area contributed by atoms with Crippen LogP contribution in [0.4, 0.5) is 0 Å². The van der Waals surface area contributed by atoms with Gasteiger partial charge in [-0.25, -0.2) is 28.2 Å². The van der Waals surface area contributed by atoms with Gasteiger partial charge in [0.25, 0.3) is 20.6 Å². The number of nitrogens with zero attached hydrogens (tertiary/aromatic N) is 7. The SMILES string of the molecule is BrCc1ccc2ccccc2c1.CCCBr.CCCn1c[n+](Cc2ccc3ccccc3c2)c(Cl)c1Cl.CCCn1c[n+](Cc2ccc3ccccc3c2)c(Cl)c1Cl.CCCn1cnc(Cl)c1Cl.Clc1nc[nH]c1Cl.[Br-].[Br-]. The number of aromatic nitrogens is 8. The van der Waals surface area contributed by atoms with Gasteiger partial charge in [-0.05, 0) is 133 Å². The first-order valence-corrected chi connectivity index (χ1v) is 29.6. The first-order chi connectivity index (χ1) is 36.2. The Kier molecular flexibility index (Phi) is 32.5. The molecule has 4 aromatic heterocycles. The van der Waals surface area contributed by atoms with Crippen molar-refractivity contribution in [2.24, 2.45) is 0 Å². The van der Waals surface area contributed by atoms with Crippen molar-refractivity contribution in [3.05, 3.63) is 211 Å². The van der Waals surface area contributed by atoms with E-state index in [1.54, 1.807) is 6.33 Å². The number of alkyl halides is 2. The summed E-state index contributed by atoms with van der Waals surface area (Å²) in [6.45, 7) is 12.5. The number of benzene rings is 6. The average molecular weight is 1460 g/mol. The van der Waals surface area contributed by atoms with E-state index in [0.29, 0.717) is 41.2 Å². The number of aromatic amines is 1. The van der Waals surface area contributed by atoms with Crippen molar-refractivity contribution in [1.82, 2.24) is 28.7 Å². The Morgan fingerprint density at radius 2 is 0.831 bits per heavy atom. The lowest BCUT2D eigenvalue weighted by molar-refractivity contribution is -0.685. The molecule has 0 aliphatic carbocycles. The van der Waals surface area contributed by atoms with Crippen molar-refractivity contribution in [2.75, 3.05) is 5.33 Å². The topological polar surface area (TPSA) is 64.1 Å². The molecule has 0 amide bonds. The predicted molar refractivity (Wildman–Crippen MR) is 328 cm³/mol. The Hall–Kier alpha value is -2.82. The number of fused-ring (bicyclic) bond motifs is 3. The van der Waals surface area contributed by atoms with E-state index in [9.17, 15) is 0 Å². The van der Waals surface area contributed by atoms with Crippen LogP contribution in [0.5, 0.6) is 0 Å². The number of hydrogen-bond acceptors (Lipinski definition) is 2. The van der Waals surface area contributed by atoms with Crippen LogP contribution in [-0.2, 0) is 38.1 Å². The van der Waals surface area contributed by atoms with Crippen LogP contribution in [-0.4, -0.2) is 34.0 Å². The molecule has 0 saturated carbocycles. The number of rotatable bonds is 12. The Bertz CT molecular complexity index is 3170. The quantitative estimate of drug-likeness (QED) is 0.0979. The summed E-state index contributed by atoms with van der Waals surface area (Å²) in [5, 5.41) is 13.7. The van der Waals surface area contributed by atoms with E-state index in [0.717, 1.165) is 62.6 Å². The molecule has 10 aromatic rings. The third-order valence-electron chi connectivity index (χ3n) is 11.1. The molecule has 0 atom stereocenters. The second kappa shape index (κ2) is 36.5.